The molecule has 3 N–H and O–H groups in total. The molecule has 0 spiro atoms. The van der Waals surface area contributed by atoms with Gasteiger partial charge in [-0.3, -0.25) is 0 Å². The first kappa shape index (κ1) is 13.2. The van der Waals surface area contributed by atoms with Gasteiger partial charge in [0.25, 0.3) is 0 Å². The van der Waals surface area contributed by atoms with Crippen molar-refractivity contribution in [3.63, 3.8) is 0 Å². The van der Waals surface area contributed by atoms with E-state index in [-0.39, 0.29) is 24.8 Å². The van der Waals surface area contributed by atoms with Crippen molar-refractivity contribution >= 4 is 6.03 Å². The van der Waals surface area contributed by atoms with Crippen LogP contribution in [0.4, 0.5) is 4.79 Å². The summed E-state index contributed by atoms with van der Waals surface area (Å²) >= 11 is 0. The van der Waals surface area contributed by atoms with E-state index in [9.17, 15) is 4.79 Å². The van der Waals surface area contributed by atoms with Gasteiger partial charge in [-0.25, -0.2) is 4.79 Å². The summed E-state index contributed by atoms with van der Waals surface area (Å²) in [6, 6.07) is -0.652. The predicted octanol–water partition coefficient (Wildman–Crippen LogP) is 0.0914. The zero-order valence-corrected chi connectivity index (χ0v) is 9.04. The van der Waals surface area contributed by atoms with Crippen molar-refractivity contribution in [2.24, 2.45) is 0 Å². The largest absolute Gasteiger partial charge is 0.394 e. The average molecular weight is 204 g/mol. The third-order valence-electron chi connectivity index (χ3n) is 1.94. The Morgan fingerprint density at radius 3 is 2.64 bits per heavy atom. The van der Waals surface area contributed by atoms with E-state index >= 15 is 0 Å². The number of carbonyl (C=O) groups is 1. The minimum Gasteiger partial charge on any atom is -0.394 e. The fourth-order valence-electron chi connectivity index (χ4n) is 0.796. The molecule has 0 rings (SSSR count). The molecule has 0 saturated carbocycles. The predicted molar refractivity (Wildman–Crippen MR) is 54.2 cm³/mol. The monoisotopic (exact) mass is 204 g/mol. The van der Waals surface area contributed by atoms with Crippen LogP contribution in [0.2, 0.25) is 0 Å². The van der Waals surface area contributed by atoms with Gasteiger partial charge in [0.1, 0.15) is 0 Å². The van der Waals surface area contributed by atoms with Gasteiger partial charge in [-0.05, 0) is 13.3 Å². The highest BCUT2D eigenvalue weighted by molar-refractivity contribution is 5.73. The number of aliphatic hydroxyl groups is 1. The summed E-state index contributed by atoms with van der Waals surface area (Å²) < 4.78 is 5.39. The van der Waals surface area contributed by atoms with E-state index < -0.39 is 0 Å². The Labute approximate surface area is 84.8 Å². The van der Waals surface area contributed by atoms with Gasteiger partial charge in [-0.2, -0.15) is 0 Å². The normalized spacial score (nSPS) is 14.6. The fraction of sp³-hybridized carbons (Fsp3) is 0.889. The molecule has 5 nitrogen and oxygen atoms in total. The summed E-state index contributed by atoms with van der Waals surface area (Å²) in [5.74, 6) is 0. The van der Waals surface area contributed by atoms with Crippen LogP contribution in [-0.4, -0.2) is 43.5 Å². The lowest BCUT2D eigenvalue weighted by molar-refractivity contribution is 0.0376. The van der Waals surface area contributed by atoms with Crippen molar-refractivity contribution in [2.45, 2.75) is 32.4 Å². The van der Waals surface area contributed by atoms with Gasteiger partial charge < -0.3 is 20.5 Å². The Hall–Kier alpha value is -0.810. The molecule has 0 fully saturated rings. The fourth-order valence-corrected chi connectivity index (χ4v) is 0.796. The van der Waals surface area contributed by atoms with Gasteiger partial charge in [0.05, 0.1) is 25.4 Å². The smallest absolute Gasteiger partial charge is 0.314 e. The van der Waals surface area contributed by atoms with Crippen molar-refractivity contribution < 1.29 is 14.6 Å². The standard InChI is InChI=1S/C9H20N2O3/c1-4-7(2)14-6-8(5-12)11-9(13)10-3/h7-8,12H,4-6H2,1-3H3,(H2,10,11,13). The van der Waals surface area contributed by atoms with Gasteiger partial charge in [-0.15, -0.1) is 0 Å². The summed E-state index contributed by atoms with van der Waals surface area (Å²) in [5.41, 5.74) is 0. The van der Waals surface area contributed by atoms with Gasteiger partial charge in [0.15, 0.2) is 0 Å². The Balaban J connectivity index is 3.73. The van der Waals surface area contributed by atoms with E-state index in [1.807, 2.05) is 13.8 Å². The number of nitrogens with one attached hydrogen (secondary N) is 2. The maximum atomic E-state index is 10.9. The zero-order chi connectivity index (χ0) is 11.0. The number of ether oxygens (including phenoxy) is 1. The molecule has 0 aromatic heterocycles. The lowest BCUT2D eigenvalue weighted by Crippen LogP contribution is -2.45. The van der Waals surface area contributed by atoms with Gasteiger partial charge >= 0.3 is 6.03 Å². The molecule has 2 amide bonds. The summed E-state index contributed by atoms with van der Waals surface area (Å²) in [6.07, 6.45) is 1.06. The molecule has 0 aliphatic heterocycles. The van der Waals surface area contributed by atoms with Crippen molar-refractivity contribution in [2.75, 3.05) is 20.3 Å². The van der Waals surface area contributed by atoms with Crippen LogP contribution in [0, 0.1) is 0 Å². The molecule has 0 radical (unpaired) electrons. The molecule has 0 aromatic rings. The summed E-state index contributed by atoms with van der Waals surface area (Å²) in [5, 5.41) is 13.9. The van der Waals surface area contributed by atoms with Crippen LogP contribution in [0.25, 0.3) is 0 Å². The molecule has 0 aromatic carbocycles. The summed E-state index contributed by atoms with van der Waals surface area (Å²) in [4.78, 5) is 10.9. The molecule has 2 atom stereocenters. The number of amides is 2. The highest BCUT2D eigenvalue weighted by atomic mass is 16.5. The van der Waals surface area contributed by atoms with Crippen molar-refractivity contribution in [3.8, 4) is 0 Å². The second-order valence-corrected chi connectivity index (χ2v) is 3.16. The number of hydrogen-bond acceptors (Lipinski definition) is 3. The maximum Gasteiger partial charge on any atom is 0.314 e. The van der Waals surface area contributed by atoms with E-state index in [4.69, 9.17) is 9.84 Å². The van der Waals surface area contributed by atoms with Crippen LogP contribution >= 0.6 is 0 Å². The Morgan fingerprint density at radius 2 is 2.21 bits per heavy atom. The Morgan fingerprint density at radius 1 is 1.57 bits per heavy atom. The maximum absolute atomic E-state index is 10.9. The number of aliphatic hydroxyl groups excluding tert-OH is 1. The lowest BCUT2D eigenvalue weighted by Gasteiger charge is -2.18. The molecule has 14 heavy (non-hydrogen) atoms. The number of rotatable bonds is 6. The minimum absolute atomic E-state index is 0.121. The highest BCUT2D eigenvalue weighted by Gasteiger charge is 2.11. The quantitative estimate of drug-likeness (QED) is 0.574. The molecule has 0 bridgehead atoms. The van der Waals surface area contributed by atoms with Gasteiger partial charge in [-0.1, -0.05) is 6.92 Å². The highest BCUT2D eigenvalue weighted by Crippen LogP contribution is 1.97. The third-order valence-corrected chi connectivity index (χ3v) is 1.94. The second-order valence-electron chi connectivity index (χ2n) is 3.16. The van der Waals surface area contributed by atoms with Crippen molar-refractivity contribution in [3.05, 3.63) is 0 Å². The van der Waals surface area contributed by atoms with Gasteiger partial charge in [0, 0.05) is 7.05 Å². The van der Waals surface area contributed by atoms with Crippen LogP contribution in [0.5, 0.6) is 0 Å². The third kappa shape index (κ3) is 5.77. The molecular formula is C9H20N2O3. The van der Waals surface area contributed by atoms with Crippen molar-refractivity contribution in [1.29, 1.82) is 0 Å². The van der Waals surface area contributed by atoms with Crippen molar-refractivity contribution in [1.82, 2.24) is 10.6 Å². The molecule has 2 unspecified atom stereocenters. The van der Waals surface area contributed by atoms with E-state index in [1.54, 1.807) is 0 Å². The first-order valence-corrected chi connectivity index (χ1v) is 4.84. The van der Waals surface area contributed by atoms with Crippen LogP contribution in [-0.2, 0) is 4.74 Å². The van der Waals surface area contributed by atoms with E-state index in [0.717, 1.165) is 6.42 Å². The number of hydrogen-bond donors (Lipinski definition) is 3. The Bertz CT molecular complexity index is 164. The average Bonchev–Trinajstić information content (AvgIpc) is 2.22. The molecule has 0 saturated heterocycles. The first-order chi connectivity index (χ1) is 6.63. The van der Waals surface area contributed by atoms with Crippen LogP contribution < -0.4 is 10.6 Å². The molecule has 0 aliphatic carbocycles. The second kappa shape index (κ2) is 7.58. The lowest BCUT2D eigenvalue weighted by atomic mass is 10.3. The summed E-state index contributed by atoms with van der Waals surface area (Å²) in [7, 11) is 1.53. The van der Waals surface area contributed by atoms with Gasteiger partial charge in [0.2, 0.25) is 0 Å². The van der Waals surface area contributed by atoms with E-state index in [0.29, 0.717) is 6.61 Å². The van der Waals surface area contributed by atoms with Crippen LogP contribution in [0.15, 0.2) is 0 Å². The molecule has 84 valence electrons. The minimum atomic E-state index is -0.344. The van der Waals surface area contributed by atoms with E-state index in [2.05, 4.69) is 10.6 Å². The molecule has 5 heteroatoms. The topological polar surface area (TPSA) is 70.6 Å². The van der Waals surface area contributed by atoms with Crippen LogP contribution in [0.3, 0.4) is 0 Å². The number of carbonyl (C=O) groups excluding carboxylic acids is 1. The molecule has 0 heterocycles. The van der Waals surface area contributed by atoms with E-state index in [1.165, 1.54) is 7.05 Å². The van der Waals surface area contributed by atoms with Crippen LogP contribution in [0.1, 0.15) is 20.3 Å². The Kier molecular flexibility index (Phi) is 7.14. The number of urea groups is 1. The molecular weight excluding hydrogens is 184 g/mol. The first-order valence-electron chi connectivity index (χ1n) is 4.84. The SMILES string of the molecule is CCC(C)OCC(CO)NC(=O)NC. The molecule has 0 aliphatic rings. The zero-order valence-electron chi connectivity index (χ0n) is 9.04. The summed E-state index contributed by atoms with van der Waals surface area (Å²) in [6.45, 7) is 4.18.